The van der Waals surface area contributed by atoms with Crippen LogP contribution in [0, 0.1) is 0 Å². The molecule has 0 fully saturated rings. The minimum atomic E-state index is -0.621. The fourth-order valence-electron chi connectivity index (χ4n) is 1.76. The number of hydrazone groups is 1. The average molecular weight is 302 g/mol. The van der Waals surface area contributed by atoms with Gasteiger partial charge in [0.1, 0.15) is 11.5 Å². The molecule has 0 radical (unpaired) electrons. The number of para-hydroxylation sites is 1. The van der Waals surface area contributed by atoms with E-state index < -0.39 is 5.91 Å². The van der Waals surface area contributed by atoms with Gasteiger partial charge in [-0.15, -0.1) is 0 Å². The Balaban J connectivity index is 2.11. The number of rotatable bonds is 4. The van der Waals surface area contributed by atoms with Crippen molar-refractivity contribution < 1.29 is 24.9 Å². The van der Waals surface area contributed by atoms with Gasteiger partial charge in [0.25, 0.3) is 5.91 Å². The van der Waals surface area contributed by atoms with Crippen LogP contribution in [0.5, 0.6) is 23.0 Å². The molecule has 22 heavy (non-hydrogen) atoms. The highest BCUT2D eigenvalue weighted by Crippen LogP contribution is 2.27. The van der Waals surface area contributed by atoms with Crippen molar-refractivity contribution in [1.29, 1.82) is 0 Å². The maximum Gasteiger partial charge on any atom is 0.271 e. The highest BCUT2D eigenvalue weighted by Gasteiger charge is 2.08. The van der Waals surface area contributed by atoms with Gasteiger partial charge in [-0.3, -0.25) is 4.79 Å². The number of methoxy groups -OCH3 is 1. The molecule has 0 saturated carbocycles. The SMILES string of the molecule is COc1cccc(C=NNC(=O)c2cc(O)cc(O)c2)c1O. The minimum absolute atomic E-state index is 0.0458. The van der Waals surface area contributed by atoms with E-state index in [9.17, 15) is 20.1 Å². The van der Waals surface area contributed by atoms with E-state index in [0.29, 0.717) is 5.56 Å². The Morgan fingerprint density at radius 3 is 2.50 bits per heavy atom. The Kier molecular flexibility index (Phi) is 4.47. The maximum absolute atomic E-state index is 11.8. The van der Waals surface area contributed by atoms with Crippen LogP contribution >= 0.6 is 0 Å². The zero-order valence-corrected chi connectivity index (χ0v) is 11.6. The molecular weight excluding hydrogens is 288 g/mol. The number of benzene rings is 2. The van der Waals surface area contributed by atoms with Gasteiger partial charge in [0.15, 0.2) is 11.5 Å². The van der Waals surface area contributed by atoms with Crippen molar-refractivity contribution in [1.82, 2.24) is 5.43 Å². The van der Waals surface area contributed by atoms with Gasteiger partial charge in [-0.2, -0.15) is 5.10 Å². The van der Waals surface area contributed by atoms with Crippen molar-refractivity contribution >= 4 is 12.1 Å². The number of hydrogen-bond acceptors (Lipinski definition) is 6. The van der Waals surface area contributed by atoms with E-state index >= 15 is 0 Å². The average Bonchev–Trinajstić information content (AvgIpc) is 2.48. The van der Waals surface area contributed by atoms with Gasteiger partial charge in [-0.1, -0.05) is 6.07 Å². The van der Waals surface area contributed by atoms with E-state index in [1.54, 1.807) is 18.2 Å². The summed E-state index contributed by atoms with van der Waals surface area (Å²) in [6.07, 6.45) is 1.25. The van der Waals surface area contributed by atoms with Gasteiger partial charge in [-0.25, -0.2) is 5.43 Å². The Bertz CT molecular complexity index is 708. The second kappa shape index (κ2) is 6.49. The first-order chi connectivity index (χ1) is 10.5. The molecule has 2 rings (SSSR count). The number of carbonyl (C=O) groups is 1. The lowest BCUT2D eigenvalue weighted by molar-refractivity contribution is 0.0954. The number of phenols is 3. The lowest BCUT2D eigenvalue weighted by Crippen LogP contribution is -2.17. The number of hydrogen-bond donors (Lipinski definition) is 4. The van der Waals surface area contributed by atoms with Crippen LogP contribution in [0.2, 0.25) is 0 Å². The summed E-state index contributed by atoms with van der Waals surface area (Å²) in [5, 5.41) is 32.2. The van der Waals surface area contributed by atoms with Gasteiger partial charge in [-0.05, 0) is 24.3 Å². The number of nitrogens with one attached hydrogen (secondary N) is 1. The van der Waals surface area contributed by atoms with Crippen LogP contribution in [0.3, 0.4) is 0 Å². The first kappa shape index (κ1) is 15.2. The molecule has 7 heteroatoms. The summed E-state index contributed by atoms with van der Waals surface area (Å²) in [6.45, 7) is 0. The van der Waals surface area contributed by atoms with Crippen molar-refractivity contribution in [2.45, 2.75) is 0 Å². The monoisotopic (exact) mass is 302 g/mol. The minimum Gasteiger partial charge on any atom is -0.508 e. The lowest BCUT2D eigenvalue weighted by atomic mass is 10.2. The third kappa shape index (κ3) is 3.45. The number of carbonyl (C=O) groups excluding carboxylic acids is 1. The van der Waals surface area contributed by atoms with Gasteiger partial charge in [0, 0.05) is 17.2 Å². The molecule has 0 aliphatic carbocycles. The largest absolute Gasteiger partial charge is 0.508 e. The fraction of sp³-hybridized carbons (Fsp3) is 0.0667. The molecule has 7 nitrogen and oxygen atoms in total. The predicted molar refractivity (Wildman–Crippen MR) is 79.5 cm³/mol. The van der Waals surface area contributed by atoms with E-state index in [1.165, 1.54) is 25.5 Å². The van der Waals surface area contributed by atoms with Crippen LogP contribution in [-0.2, 0) is 0 Å². The summed E-state index contributed by atoms with van der Waals surface area (Å²) in [7, 11) is 1.42. The number of nitrogens with zero attached hydrogens (tertiary/aromatic N) is 1. The first-order valence-electron chi connectivity index (χ1n) is 6.23. The molecule has 0 aliphatic rings. The Morgan fingerprint density at radius 1 is 1.18 bits per heavy atom. The molecular formula is C15H14N2O5. The molecule has 2 aromatic rings. The molecule has 0 heterocycles. The fourth-order valence-corrected chi connectivity index (χ4v) is 1.76. The molecule has 0 aliphatic heterocycles. The van der Waals surface area contributed by atoms with E-state index in [2.05, 4.69) is 10.5 Å². The maximum atomic E-state index is 11.8. The van der Waals surface area contributed by atoms with Crippen molar-refractivity contribution in [2.75, 3.05) is 7.11 Å². The third-order valence-corrected chi connectivity index (χ3v) is 2.78. The molecule has 0 aromatic heterocycles. The van der Waals surface area contributed by atoms with Crippen molar-refractivity contribution in [3.63, 3.8) is 0 Å². The number of phenolic OH excluding ortho intramolecular Hbond substituents is 3. The molecule has 2 aromatic carbocycles. The summed E-state index contributed by atoms with van der Waals surface area (Å²) < 4.78 is 4.95. The van der Waals surface area contributed by atoms with Crippen LogP contribution in [0.15, 0.2) is 41.5 Å². The summed E-state index contributed by atoms with van der Waals surface area (Å²) >= 11 is 0. The summed E-state index contributed by atoms with van der Waals surface area (Å²) in [6, 6.07) is 8.32. The number of amides is 1. The molecule has 0 spiro atoms. The van der Waals surface area contributed by atoms with E-state index in [0.717, 1.165) is 6.07 Å². The van der Waals surface area contributed by atoms with E-state index in [1.807, 2.05) is 0 Å². The molecule has 0 unspecified atom stereocenters. The molecule has 1 amide bonds. The highest BCUT2D eigenvalue weighted by molar-refractivity contribution is 5.96. The van der Waals surface area contributed by atoms with Crippen molar-refractivity contribution in [3.05, 3.63) is 47.5 Å². The number of ether oxygens (including phenoxy) is 1. The highest BCUT2D eigenvalue weighted by atomic mass is 16.5. The van der Waals surface area contributed by atoms with E-state index in [4.69, 9.17) is 4.74 Å². The second-order valence-electron chi connectivity index (χ2n) is 4.34. The lowest BCUT2D eigenvalue weighted by Gasteiger charge is -2.05. The quantitative estimate of drug-likeness (QED) is 0.506. The zero-order valence-electron chi connectivity index (χ0n) is 11.6. The van der Waals surface area contributed by atoms with Crippen LogP contribution in [0.25, 0.3) is 0 Å². The first-order valence-corrected chi connectivity index (χ1v) is 6.23. The van der Waals surface area contributed by atoms with Crippen LogP contribution in [-0.4, -0.2) is 34.6 Å². The molecule has 0 atom stereocenters. The second-order valence-corrected chi connectivity index (χ2v) is 4.34. The Hall–Kier alpha value is -3.22. The van der Waals surface area contributed by atoms with Crippen LogP contribution in [0.4, 0.5) is 0 Å². The normalized spacial score (nSPS) is 10.6. The van der Waals surface area contributed by atoms with Crippen molar-refractivity contribution in [3.8, 4) is 23.0 Å². The Labute approximate surface area is 126 Å². The third-order valence-electron chi connectivity index (χ3n) is 2.78. The summed E-state index contributed by atoms with van der Waals surface area (Å²) in [4.78, 5) is 11.8. The molecule has 114 valence electrons. The topological polar surface area (TPSA) is 111 Å². The van der Waals surface area contributed by atoms with Gasteiger partial charge in [0.2, 0.25) is 0 Å². The number of aromatic hydroxyl groups is 3. The van der Waals surface area contributed by atoms with Gasteiger partial charge < -0.3 is 20.1 Å². The molecule has 0 saturated heterocycles. The summed E-state index contributed by atoms with van der Waals surface area (Å²) in [5.41, 5.74) is 2.63. The van der Waals surface area contributed by atoms with Crippen LogP contribution in [0.1, 0.15) is 15.9 Å². The van der Waals surface area contributed by atoms with Crippen LogP contribution < -0.4 is 10.2 Å². The summed E-state index contributed by atoms with van der Waals surface area (Å²) in [5.74, 6) is -0.907. The molecule has 0 bridgehead atoms. The van der Waals surface area contributed by atoms with Crippen molar-refractivity contribution in [2.24, 2.45) is 5.10 Å². The smallest absolute Gasteiger partial charge is 0.271 e. The van der Waals surface area contributed by atoms with Gasteiger partial charge >= 0.3 is 0 Å². The Morgan fingerprint density at radius 2 is 1.86 bits per heavy atom. The zero-order chi connectivity index (χ0) is 16.1. The predicted octanol–water partition coefficient (Wildman–Crippen LogP) is 1.58. The molecule has 4 N–H and O–H groups in total. The van der Waals surface area contributed by atoms with E-state index in [-0.39, 0.29) is 28.6 Å². The van der Waals surface area contributed by atoms with Gasteiger partial charge in [0.05, 0.1) is 13.3 Å². The standard InChI is InChI=1S/C15H14N2O5/c1-22-13-4-2-3-9(14(13)20)8-16-17-15(21)10-5-11(18)7-12(19)6-10/h2-8,18-20H,1H3,(H,17,21).